The van der Waals surface area contributed by atoms with Crippen LogP contribution >= 0.6 is 0 Å². The molecule has 0 saturated carbocycles. The van der Waals surface area contributed by atoms with E-state index >= 15 is 0 Å². The fraction of sp³-hybridized carbons (Fsp3) is 0.333. The third kappa shape index (κ3) is 1.88. The van der Waals surface area contributed by atoms with Gasteiger partial charge in [-0.3, -0.25) is 15.3 Å². The maximum atomic E-state index is 13.2. The van der Waals surface area contributed by atoms with Gasteiger partial charge in [-0.25, -0.2) is 0 Å². The van der Waals surface area contributed by atoms with E-state index in [9.17, 15) is 10.1 Å². The van der Waals surface area contributed by atoms with Gasteiger partial charge in [-0.2, -0.15) is 5.26 Å². The number of H-pyrrole nitrogens is 1. The second kappa shape index (κ2) is 5.45. The number of fused-ring (bicyclic) bond motifs is 4. The number of hydrogen-bond acceptors (Lipinski definition) is 5. The molecule has 4 rings (SSSR count). The van der Waals surface area contributed by atoms with Crippen LogP contribution in [-0.4, -0.2) is 22.0 Å². The first-order valence-electron chi connectivity index (χ1n) is 8.29. The summed E-state index contributed by atoms with van der Waals surface area (Å²) in [4.78, 5) is 13.2. The average molecular weight is 335 g/mol. The number of rotatable bonds is 3. The second-order valence-corrected chi connectivity index (χ2v) is 6.32. The molecule has 1 spiro atoms. The molecule has 25 heavy (non-hydrogen) atoms. The molecule has 0 radical (unpaired) electrons. The van der Waals surface area contributed by atoms with Crippen molar-refractivity contribution in [1.29, 1.82) is 10.7 Å². The molecular formula is C18H17N5O2. The Kier molecular flexibility index (Phi) is 3.35. The van der Waals surface area contributed by atoms with Gasteiger partial charge in [0, 0.05) is 11.4 Å². The van der Waals surface area contributed by atoms with Gasteiger partial charge in [-0.05, 0) is 24.5 Å². The van der Waals surface area contributed by atoms with Crippen molar-refractivity contribution in [1.82, 2.24) is 10.2 Å². The molecule has 3 N–H and O–H groups in total. The van der Waals surface area contributed by atoms with Gasteiger partial charge in [0.1, 0.15) is 11.3 Å². The van der Waals surface area contributed by atoms with Crippen molar-refractivity contribution in [2.24, 2.45) is 5.92 Å². The van der Waals surface area contributed by atoms with Crippen LogP contribution in [-0.2, 0) is 16.6 Å². The van der Waals surface area contributed by atoms with Gasteiger partial charge in [0.15, 0.2) is 0 Å². The first-order chi connectivity index (χ1) is 12.1. The number of unbranched alkanes of at least 4 members (excludes halogenated alkanes) is 1. The van der Waals surface area contributed by atoms with Gasteiger partial charge in [-0.15, -0.1) is 5.10 Å². The Balaban J connectivity index is 2.04. The van der Waals surface area contributed by atoms with E-state index in [0.717, 1.165) is 18.5 Å². The molecule has 0 bridgehead atoms. The number of para-hydroxylation sites is 1. The van der Waals surface area contributed by atoms with Gasteiger partial charge in [-0.1, -0.05) is 31.5 Å². The smallest absolute Gasteiger partial charge is 0.244 e. The molecule has 7 heteroatoms. The summed E-state index contributed by atoms with van der Waals surface area (Å²) in [5.74, 6) is -1.39. The molecule has 126 valence electrons. The molecule has 1 amide bonds. The van der Waals surface area contributed by atoms with E-state index in [4.69, 9.17) is 10.1 Å². The Labute approximate surface area is 144 Å². The molecule has 7 nitrogen and oxygen atoms in total. The Morgan fingerprint density at radius 3 is 3.00 bits per heavy atom. The molecule has 3 heterocycles. The molecule has 2 aliphatic rings. The molecule has 2 aromatic rings. The van der Waals surface area contributed by atoms with E-state index in [1.807, 2.05) is 18.2 Å². The number of aromatic nitrogens is 2. The lowest BCUT2D eigenvalue weighted by atomic mass is 9.65. The first kappa shape index (κ1) is 15.4. The Hall–Kier alpha value is -3.14. The molecule has 2 aliphatic heterocycles. The summed E-state index contributed by atoms with van der Waals surface area (Å²) in [6.07, 6.45) is 2.61. The number of amides is 1. The van der Waals surface area contributed by atoms with Crippen LogP contribution in [0.3, 0.4) is 0 Å². The van der Waals surface area contributed by atoms with E-state index in [2.05, 4.69) is 28.5 Å². The standard InChI is InChI=1S/C18H17N5O2/c1-2-3-7-13-14-16(23-22-13)25-15(20)11(9-19)18(14)10-6-4-5-8-12(10)21-17(18)24/h4-6,8,11,20H,2-3,7H2,1H3,(H,21,24)(H,22,23). The highest BCUT2D eigenvalue weighted by molar-refractivity contribution is 6.13. The van der Waals surface area contributed by atoms with E-state index in [-0.39, 0.29) is 17.7 Å². The normalized spacial score (nSPS) is 23.6. The number of hydrogen-bond donors (Lipinski definition) is 3. The topological polar surface area (TPSA) is 115 Å². The summed E-state index contributed by atoms with van der Waals surface area (Å²) in [5, 5.41) is 28.0. The number of ether oxygens (including phenoxy) is 1. The number of nitriles is 1. The summed E-state index contributed by atoms with van der Waals surface area (Å²) >= 11 is 0. The SMILES string of the molecule is CCCCc1[nH]nc2c1C1(C(=O)Nc3ccccc31)C(C#N)C(=N)O2. The predicted octanol–water partition coefficient (Wildman–Crippen LogP) is 2.50. The lowest BCUT2D eigenvalue weighted by molar-refractivity contribution is -0.120. The van der Waals surface area contributed by atoms with E-state index in [0.29, 0.717) is 23.2 Å². The van der Waals surface area contributed by atoms with Crippen LogP contribution in [0.5, 0.6) is 5.88 Å². The fourth-order valence-electron chi connectivity index (χ4n) is 3.85. The third-order valence-corrected chi connectivity index (χ3v) is 4.97. The molecule has 0 aliphatic carbocycles. The summed E-state index contributed by atoms with van der Waals surface area (Å²) in [6.45, 7) is 2.08. The summed E-state index contributed by atoms with van der Waals surface area (Å²) in [6, 6.07) is 9.42. The van der Waals surface area contributed by atoms with E-state index in [1.165, 1.54) is 0 Å². The molecule has 0 fully saturated rings. The minimum atomic E-state index is -1.30. The van der Waals surface area contributed by atoms with Crippen LogP contribution < -0.4 is 10.1 Å². The molecule has 2 unspecified atom stereocenters. The van der Waals surface area contributed by atoms with Crippen molar-refractivity contribution in [2.45, 2.75) is 31.6 Å². The number of carbonyl (C=O) groups is 1. The maximum Gasteiger partial charge on any atom is 0.244 e. The Morgan fingerprint density at radius 1 is 1.44 bits per heavy atom. The van der Waals surface area contributed by atoms with Gasteiger partial charge >= 0.3 is 0 Å². The highest BCUT2D eigenvalue weighted by Gasteiger charge is 2.61. The molecule has 1 aromatic carbocycles. The van der Waals surface area contributed by atoms with Crippen molar-refractivity contribution in [3.8, 4) is 11.9 Å². The van der Waals surface area contributed by atoms with Crippen molar-refractivity contribution in [3.63, 3.8) is 0 Å². The minimum Gasteiger partial charge on any atom is -0.422 e. The Morgan fingerprint density at radius 2 is 2.24 bits per heavy atom. The largest absolute Gasteiger partial charge is 0.422 e. The van der Waals surface area contributed by atoms with Crippen molar-refractivity contribution >= 4 is 17.5 Å². The van der Waals surface area contributed by atoms with Gasteiger partial charge in [0.2, 0.25) is 17.7 Å². The lowest BCUT2D eigenvalue weighted by Gasteiger charge is -2.35. The van der Waals surface area contributed by atoms with E-state index < -0.39 is 11.3 Å². The number of carbonyl (C=O) groups excluding carboxylic acids is 1. The van der Waals surface area contributed by atoms with E-state index in [1.54, 1.807) is 6.07 Å². The lowest BCUT2D eigenvalue weighted by Crippen LogP contribution is -2.50. The quantitative estimate of drug-likeness (QED) is 0.799. The van der Waals surface area contributed by atoms with Gasteiger partial charge < -0.3 is 10.1 Å². The van der Waals surface area contributed by atoms with Gasteiger partial charge in [0.25, 0.3) is 0 Å². The Bertz CT molecular complexity index is 926. The van der Waals surface area contributed by atoms with Crippen LogP contribution in [0.1, 0.15) is 36.6 Å². The maximum absolute atomic E-state index is 13.2. The number of anilines is 1. The monoisotopic (exact) mass is 335 g/mol. The predicted molar refractivity (Wildman–Crippen MR) is 90.5 cm³/mol. The highest BCUT2D eigenvalue weighted by Crippen LogP contribution is 2.53. The minimum absolute atomic E-state index is 0.217. The fourth-order valence-corrected chi connectivity index (χ4v) is 3.85. The number of nitrogens with one attached hydrogen (secondary N) is 3. The van der Waals surface area contributed by atoms with Crippen molar-refractivity contribution < 1.29 is 9.53 Å². The number of nitrogens with zero attached hydrogens (tertiary/aromatic N) is 2. The number of aromatic amines is 1. The highest BCUT2D eigenvalue weighted by atomic mass is 16.5. The van der Waals surface area contributed by atoms with Crippen LogP contribution in [0.15, 0.2) is 24.3 Å². The summed E-state index contributed by atoms with van der Waals surface area (Å²) in [7, 11) is 0. The summed E-state index contributed by atoms with van der Waals surface area (Å²) < 4.78 is 5.48. The van der Waals surface area contributed by atoms with Crippen LogP contribution in [0.25, 0.3) is 0 Å². The van der Waals surface area contributed by atoms with Gasteiger partial charge in [0.05, 0.1) is 11.6 Å². The first-order valence-corrected chi connectivity index (χ1v) is 8.29. The zero-order valence-electron chi connectivity index (χ0n) is 13.7. The van der Waals surface area contributed by atoms with Crippen molar-refractivity contribution in [2.75, 3.05) is 5.32 Å². The number of benzene rings is 1. The zero-order chi connectivity index (χ0) is 17.6. The molecule has 0 saturated heterocycles. The number of aryl methyl sites for hydroxylation is 1. The van der Waals surface area contributed by atoms with Crippen molar-refractivity contribution in [3.05, 3.63) is 41.1 Å². The van der Waals surface area contributed by atoms with Crippen LogP contribution in [0.2, 0.25) is 0 Å². The molecule has 1 aromatic heterocycles. The molecule has 2 atom stereocenters. The van der Waals surface area contributed by atoms with Crippen LogP contribution in [0, 0.1) is 22.7 Å². The summed E-state index contributed by atoms with van der Waals surface area (Å²) in [5.41, 5.74) is 1.44. The van der Waals surface area contributed by atoms with Crippen LogP contribution in [0.4, 0.5) is 5.69 Å². The second-order valence-electron chi connectivity index (χ2n) is 6.32. The third-order valence-electron chi connectivity index (χ3n) is 4.97. The average Bonchev–Trinajstić information content (AvgIpc) is 3.13. The molecular weight excluding hydrogens is 318 g/mol. The zero-order valence-corrected chi connectivity index (χ0v) is 13.7.